The molecule has 0 aromatic rings. The molecule has 0 fully saturated rings. The number of aliphatic carboxylic acids is 1. The number of nitrogens with zero attached hydrogens (tertiary/aromatic N) is 1. The van der Waals surface area contributed by atoms with Gasteiger partial charge < -0.3 is 20.6 Å². The molecule has 3 N–H and O–H groups in total. The van der Waals surface area contributed by atoms with E-state index < -0.39 is 35.7 Å². The Labute approximate surface area is 126 Å². The molecule has 0 aliphatic rings. The maximum absolute atomic E-state index is 12.2. The van der Waals surface area contributed by atoms with Crippen LogP contribution >= 0.6 is 0 Å². The fraction of sp³-hybridized carbons (Fsp3) is 0.786. The zero-order valence-corrected chi connectivity index (χ0v) is 13.9. The third kappa shape index (κ3) is 7.53. The molecule has 0 saturated carbocycles. The average Bonchev–Trinajstić information content (AvgIpc) is 2.21. The molecule has 122 valence electrons. The summed E-state index contributed by atoms with van der Waals surface area (Å²) in [6.07, 6.45) is 0. The molecule has 0 heterocycles. The highest BCUT2D eigenvalue weighted by Crippen LogP contribution is 2.13. The summed E-state index contributed by atoms with van der Waals surface area (Å²) in [4.78, 5) is 36.1. The van der Waals surface area contributed by atoms with Gasteiger partial charge in [-0.05, 0) is 48.5 Å². The molecule has 7 heteroatoms. The molecule has 0 radical (unpaired) electrons. The van der Waals surface area contributed by atoms with Gasteiger partial charge in [0, 0.05) is 11.1 Å². The van der Waals surface area contributed by atoms with Crippen LogP contribution in [0.1, 0.15) is 48.5 Å². The molecule has 0 aliphatic carbocycles. The zero-order chi connectivity index (χ0) is 17.0. The van der Waals surface area contributed by atoms with Gasteiger partial charge in [-0.25, -0.2) is 4.79 Å². The highest BCUT2D eigenvalue weighted by atomic mass is 16.4. The summed E-state index contributed by atoms with van der Waals surface area (Å²) in [5.74, 6) is -1.42. The highest BCUT2D eigenvalue weighted by Gasteiger charge is 2.30. The van der Waals surface area contributed by atoms with E-state index in [4.69, 9.17) is 5.11 Å². The molecular weight excluding hydrogens is 274 g/mol. The summed E-state index contributed by atoms with van der Waals surface area (Å²) in [6.45, 7) is 11.8. The lowest BCUT2D eigenvalue weighted by Crippen LogP contribution is -2.57. The van der Waals surface area contributed by atoms with E-state index in [2.05, 4.69) is 10.6 Å². The number of carboxylic acid groups (broad SMARTS) is 1. The maximum Gasteiger partial charge on any atom is 0.323 e. The SMILES string of the molecule is CC(NC(=O)N(CC(=O)O)C(C)(C)C)C(=O)NC(C)(C)C. The number of carbonyl (C=O) groups excluding carboxylic acids is 2. The highest BCUT2D eigenvalue weighted by molar-refractivity contribution is 5.88. The van der Waals surface area contributed by atoms with Crippen molar-refractivity contribution in [1.29, 1.82) is 0 Å². The Morgan fingerprint density at radius 2 is 1.57 bits per heavy atom. The predicted molar refractivity (Wildman–Crippen MR) is 80.0 cm³/mol. The molecular formula is C14H27N3O4. The smallest absolute Gasteiger partial charge is 0.323 e. The topological polar surface area (TPSA) is 98.7 Å². The number of urea groups is 1. The van der Waals surface area contributed by atoms with E-state index in [1.165, 1.54) is 4.90 Å². The Morgan fingerprint density at radius 1 is 1.10 bits per heavy atom. The minimum Gasteiger partial charge on any atom is -0.480 e. The largest absolute Gasteiger partial charge is 0.480 e. The second-order valence-electron chi connectivity index (χ2n) is 7.06. The van der Waals surface area contributed by atoms with Crippen LogP contribution in [0.15, 0.2) is 0 Å². The number of amides is 3. The Bertz CT molecular complexity index is 407. The predicted octanol–water partition coefficient (Wildman–Crippen LogP) is 1.18. The number of carboxylic acids is 1. The molecule has 0 spiro atoms. The molecule has 0 saturated heterocycles. The summed E-state index contributed by atoms with van der Waals surface area (Å²) in [5, 5.41) is 14.2. The van der Waals surface area contributed by atoms with E-state index in [1.807, 2.05) is 20.8 Å². The molecule has 21 heavy (non-hydrogen) atoms. The first-order valence-corrected chi connectivity index (χ1v) is 6.86. The molecule has 0 aromatic heterocycles. The number of nitrogens with one attached hydrogen (secondary N) is 2. The van der Waals surface area contributed by atoms with E-state index >= 15 is 0 Å². The van der Waals surface area contributed by atoms with Gasteiger partial charge in [0.2, 0.25) is 5.91 Å². The van der Waals surface area contributed by atoms with E-state index in [-0.39, 0.29) is 5.91 Å². The quantitative estimate of drug-likeness (QED) is 0.726. The molecule has 0 rings (SSSR count). The summed E-state index contributed by atoms with van der Waals surface area (Å²) < 4.78 is 0. The fourth-order valence-corrected chi connectivity index (χ4v) is 1.56. The second-order valence-corrected chi connectivity index (χ2v) is 7.06. The lowest BCUT2D eigenvalue weighted by Gasteiger charge is -2.35. The van der Waals surface area contributed by atoms with Crippen LogP contribution < -0.4 is 10.6 Å². The molecule has 1 unspecified atom stereocenters. The van der Waals surface area contributed by atoms with Crippen molar-refractivity contribution >= 4 is 17.9 Å². The first-order chi connectivity index (χ1) is 9.24. The number of hydrogen-bond acceptors (Lipinski definition) is 3. The summed E-state index contributed by atoms with van der Waals surface area (Å²) >= 11 is 0. The van der Waals surface area contributed by atoms with Crippen molar-refractivity contribution in [2.75, 3.05) is 6.54 Å². The van der Waals surface area contributed by atoms with Crippen LogP contribution in [0.4, 0.5) is 4.79 Å². The van der Waals surface area contributed by atoms with Gasteiger partial charge in [0.05, 0.1) is 0 Å². The lowest BCUT2D eigenvalue weighted by atomic mass is 10.1. The third-order valence-electron chi connectivity index (χ3n) is 2.58. The monoisotopic (exact) mass is 301 g/mol. The standard InChI is InChI=1S/C14H27N3O4/c1-9(11(20)16-13(2,3)4)15-12(21)17(8-10(18)19)14(5,6)7/h9H,8H2,1-7H3,(H,15,21)(H,16,20)(H,18,19). The molecule has 3 amide bonds. The van der Waals surface area contributed by atoms with Crippen molar-refractivity contribution < 1.29 is 19.5 Å². The Kier molecular flexibility index (Phi) is 6.20. The second kappa shape index (κ2) is 6.78. The summed E-state index contributed by atoms with van der Waals surface area (Å²) in [5.41, 5.74) is -1.07. The van der Waals surface area contributed by atoms with Gasteiger partial charge in [-0.2, -0.15) is 0 Å². The van der Waals surface area contributed by atoms with Crippen LogP contribution in [0, 0.1) is 0 Å². The van der Waals surface area contributed by atoms with Gasteiger partial charge >= 0.3 is 12.0 Å². The molecule has 7 nitrogen and oxygen atoms in total. The van der Waals surface area contributed by atoms with Crippen LogP contribution in [0.2, 0.25) is 0 Å². The normalized spacial score (nSPS) is 13.3. The van der Waals surface area contributed by atoms with Gasteiger partial charge in [0.15, 0.2) is 0 Å². The Hall–Kier alpha value is -1.79. The van der Waals surface area contributed by atoms with Crippen LogP contribution in [0.25, 0.3) is 0 Å². The van der Waals surface area contributed by atoms with Crippen LogP contribution in [-0.4, -0.2) is 51.6 Å². The van der Waals surface area contributed by atoms with Crippen molar-refractivity contribution in [3.63, 3.8) is 0 Å². The van der Waals surface area contributed by atoms with Gasteiger partial charge in [-0.3, -0.25) is 9.59 Å². The van der Waals surface area contributed by atoms with Crippen LogP contribution in [0.5, 0.6) is 0 Å². The zero-order valence-electron chi connectivity index (χ0n) is 13.9. The summed E-state index contributed by atoms with van der Waals surface area (Å²) in [7, 11) is 0. The van der Waals surface area contributed by atoms with E-state index in [0.717, 1.165) is 0 Å². The molecule has 0 bridgehead atoms. The van der Waals surface area contributed by atoms with E-state index in [0.29, 0.717) is 0 Å². The van der Waals surface area contributed by atoms with Crippen molar-refractivity contribution in [2.45, 2.75) is 65.6 Å². The number of carbonyl (C=O) groups is 3. The number of hydrogen-bond donors (Lipinski definition) is 3. The molecule has 0 aliphatic heterocycles. The van der Waals surface area contributed by atoms with Crippen molar-refractivity contribution in [3.8, 4) is 0 Å². The summed E-state index contributed by atoms with van der Waals surface area (Å²) in [6, 6.07) is -1.34. The van der Waals surface area contributed by atoms with Crippen molar-refractivity contribution in [2.24, 2.45) is 0 Å². The van der Waals surface area contributed by atoms with Crippen molar-refractivity contribution in [1.82, 2.24) is 15.5 Å². The lowest BCUT2D eigenvalue weighted by molar-refractivity contribution is -0.138. The van der Waals surface area contributed by atoms with Crippen LogP contribution in [0.3, 0.4) is 0 Å². The van der Waals surface area contributed by atoms with Gasteiger partial charge in [0.1, 0.15) is 12.6 Å². The van der Waals surface area contributed by atoms with E-state index in [9.17, 15) is 14.4 Å². The van der Waals surface area contributed by atoms with E-state index in [1.54, 1.807) is 27.7 Å². The Balaban J connectivity index is 4.83. The fourth-order valence-electron chi connectivity index (χ4n) is 1.56. The Morgan fingerprint density at radius 3 is 1.90 bits per heavy atom. The third-order valence-corrected chi connectivity index (χ3v) is 2.58. The molecule has 0 aromatic carbocycles. The minimum atomic E-state index is -1.10. The van der Waals surface area contributed by atoms with Gasteiger partial charge in [-0.1, -0.05) is 0 Å². The minimum absolute atomic E-state index is 0.319. The van der Waals surface area contributed by atoms with Crippen molar-refractivity contribution in [3.05, 3.63) is 0 Å². The maximum atomic E-state index is 12.2. The van der Waals surface area contributed by atoms with Gasteiger partial charge in [0.25, 0.3) is 0 Å². The first kappa shape index (κ1) is 19.2. The number of rotatable bonds is 4. The first-order valence-electron chi connectivity index (χ1n) is 6.86. The molecule has 1 atom stereocenters. The van der Waals surface area contributed by atoms with Gasteiger partial charge in [-0.15, -0.1) is 0 Å². The average molecular weight is 301 g/mol. The van der Waals surface area contributed by atoms with Crippen LogP contribution in [-0.2, 0) is 9.59 Å².